The van der Waals surface area contributed by atoms with Crippen molar-refractivity contribution < 1.29 is 65.0 Å². The van der Waals surface area contributed by atoms with Crippen molar-refractivity contribution in [3.05, 3.63) is 210 Å². The van der Waals surface area contributed by atoms with Gasteiger partial charge in [-0.3, -0.25) is 33.7 Å². The molecule has 6 aromatic carbocycles. The van der Waals surface area contributed by atoms with Crippen LogP contribution in [0.4, 0.5) is 28.9 Å². The lowest BCUT2D eigenvalue weighted by molar-refractivity contribution is 0.101. The third kappa shape index (κ3) is 12.5. The summed E-state index contributed by atoms with van der Waals surface area (Å²) in [6.07, 6.45) is 5.11. The molecule has 12 rings (SSSR count). The Labute approximate surface area is 512 Å². The maximum atomic E-state index is 15.4. The topological polar surface area (TPSA) is 246 Å². The molecule has 0 unspecified atom stereocenters. The van der Waals surface area contributed by atoms with E-state index in [0.29, 0.717) is 82.7 Å². The minimum Gasteiger partial charge on any atom is -0.490 e. The summed E-state index contributed by atoms with van der Waals surface area (Å²) in [6, 6.07) is 23.0. The monoisotopic (exact) mass is 1250 g/mol. The lowest BCUT2D eigenvalue weighted by Gasteiger charge is -2.24. The van der Waals surface area contributed by atoms with Gasteiger partial charge >= 0.3 is 11.4 Å². The van der Waals surface area contributed by atoms with E-state index in [1.54, 1.807) is 38.1 Å². The summed E-state index contributed by atoms with van der Waals surface area (Å²) in [5.41, 5.74) is -2.86. The van der Waals surface area contributed by atoms with Crippen molar-refractivity contribution in [2.24, 2.45) is 7.05 Å². The molecule has 6 heterocycles. The molecule has 2 amide bonds. The standard InChI is InChI=1S/C33H28F2N4O7.C32H26F2N4O7/c1-4-43-27-16-24-28(30-29(27)44-13-14-45-30)26(11-12-36-24)46-25-10-7-20(15-23(25)35)37-31(40)22-17-38(18(2)3)33(42)39(32(22)41)21-8-5-19(34)6-9-21;1-17(2)44-26-15-23-27(29-28(26)42-12-13-43-29)25(10-11-35-23)45-24-9-6-19(14-22(24)34)36-30(39)21-16-37(3)32(41)38(31(21)40)20-7-4-18(33)5-8-20/h5-12,15-18H,4,13-14H2,1-3H3,(H,37,40);4-11,14-17H,12-13H2,1-3H3,(H,36,39). The quantitative estimate of drug-likeness (QED) is 0.0906. The molecule has 2 N–H and O–H groups in total. The SMILES string of the molecule is CC(C)Oc1cc2nccc(Oc3ccc(NC(=O)c4cn(C)c(=O)n(-c5ccc(F)cc5)c4=O)cc3F)c2c2c1OCCO2.CCOc1cc2nccc(Oc3ccc(NC(=O)c4cn(C(C)C)c(=O)n(-c5ccc(F)cc5)c4=O)cc3F)c2c2c1OCCO2. The third-order valence-electron chi connectivity index (χ3n) is 13.9. The molecule has 0 aliphatic carbocycles. The predicted octanol–water partition coefficient (Wildman–Crippen LogP) is 10.6. The van der Waals surface area contributed by atoms with Crippen LogP contribution in [0.25, 0.3) is 33.2 Å². The Balaban J connectivity index is 0.000000187. The number of anilines is 2. The summed E-state index contributed by atoms with van der Waals surface area (Å²) >= 11 is 0. The van der Waals surface area contributed by atoms with Crippen LogP contribution in [0.1, 0.15) is 61.4 Å². The Hall–Kier alpha value is -11.4. The van der Waals surface area contributed by atoms with Crippen LogP contribution in [0.15, 0.2) is 153 Å². The number of nitrogens with zero attached hydrogens (tertiary/aromatic N) is 6. The number of carbonyl (C=O) groups is 2. The van der Waals surface area contributed by atoms with Crippen LogP contribution in [0.5, 0.6) is 57.5 Å². The third-order valence-corrected chi connectivity index (χ3v) is 13.9. The Morgan fingerprint density at radius 1 is 0.538 bits per heavy atom. The molecule has 10 aromatic rings. The number of rotatable bonds is 15. The minimum absolute atomic E-state index is 0.0237. The Bertz CT molecular complexity index is 4760. The van der Waals surface area contributed by atoms with E-state index in [1.165, 1.54) is 72.5 Å². The second kappa shape index (κ2) is 25.7. The van der Waals surface area contributed by atoms with Crippen molar-refractivity contribution >= 4 is 45.0 Å². The smallest absolute Gasteiger partial charge is 0.335 e. The fourth-order valence-electron chi connectivity index (χ4n) is 9.84. The van der Waals surface area contributed by atoms with Crippen molar-refractivity contribution in [3.63, 3.8) is 0 Å². The van der Waals surface area contributed by atoms with Crippen LogP contribution in [0.2, 0.25) is 0 Å². The van der Waals surface area contributed by atoms with E-state index in [4.69, 9.17) is 37.9 Å². The largest absolute Gasteiger partial charge is 0.490 e. The molecule has 2 aliphatic heterocycles. The number of hydrogen-bond acceptors (Lipinski definition) is 16. The van der Waals surface area contributed by atoms with E-state index in [9.17, 15) is 37.5 Å². The van der Waals surface area contributed by atoms with E-state index in [2.05, 4.69) is 20.6 Å². The van der Waals surface area contributed by atoms with Crippen molar-refractivity contribution in [2.75, 3.05) is 43.7 Å². The van der Waals surface area contributed by atoms with Crippen molar-refractivity contribution in [1.29, 1.82) is 0 Å². The second-order valence-electron chi connectivity index (χ2n) is 20.9. The average molecular weight is 1250 g/mol. The highest BCUT2D eigenvalue weighted by atomic mass is 19.1. The molecule has 91 heavy (non-hydrogen) atoms. The van der Waals surface area contributed by atoms with E-state index in [-0.39, 0.29) is 64.0 Å². The highest BCUT2D eigenvalue weighted by Crippen LogP contribution is 2.50. The molecule has 0 atom stereocenters. The normalized spacial score (nSPS) is 12.3. The maximum absolute atomic E-state index is 15.4. The first-order chi connectivity index (χ1) is 43.8. The predicted molar refractivity (Wildman–Crippen MR) is 325 cm³/mol. The molecule has 0 spiro atoms. The van der Waals surface area contributed by atoms with Crippen LogP contribution >= 0.6 is 0 Å². The van der Waals surface area contributed by atoms with Crippen LogP contribution < -0.4 is 71.0 Å². The van der Waals surface area contributed by atoms with Gasteiger partial charge in [-0.05, 0) is 120 Å². The van der Waals surface area contributed by atoms with E-state index < -0.39 is 69.2 Å². The molecule has 0 saturated heterocycles. The summed E-state index contributed by atoms with van der Waals surface area (Å²) in [5, 5.41) is 5.92. The highest BCUT2D eigenvalue weighted by Gasteiger charge is 2.29. The number of carbonyl (C=O) groups excluding carboxylic acids is 2. The summed E-state index contributed by atoms with van der Waals surface area (Å²) in [7, 11) is 1.36. The van der Waals surface area contributed by atoms with Crippen LogP contribution in [-0.4, -0.2) is 79.2 Å². The van der Waals surface area contributed by atoms with Gasteiger partial charge in [0.15, 0.2) is 46.1 Å². The number of fused-ring (bicyclic) bond motifs is 6. The van der Waals surface area contributed by atoms with Gasteiger partial charge in [0.25, 0.3) is 22.9 Å². The second-order valence-corrected chi connectivity index (χ2v) is 20.9. The van der Waals surface area contributed by atoms with Gasteiger partial charge in [0.05, 0.1) is 45.9 Å². The number of aromatic nitrogens is 6. The molecule has 22 nitrogen and oxygen atoms in total. The fourth-order valence-corrected chi connectivity index (χ4v) is 9.84. The molecule has 466 valence electrons. The molecule has 0 radical (unpaired) electrons. The number of halogens is 4. The molecular weight excluding hydrogens is 1190 g/mol. The van der Waals surface area contributed by atoms with Gasteiger partial charge in [-0.2, -0.15) is 0 Å². The zero-order valence-electron chi connectivity index (χ0n) is 49.3. The van der Waals surface area contributed by atoms with Crippen LogP contribution in [0, 0.1) is 23.3 Å². The lowest BCUT2D eigenvalue weighted by atomic mass is 10.1. The first-order valence-electron chi connectivity index (χ1n) is 28.3. The number of benzene rings is 6. The van der Waals surface area contributed by atoms with Gasteiger partial charge < -0.3 is 53.1 Å². The Kier molecular flexibility index (Phi) is 17.3. The molecule has 4 aromatic heterocycles. The average Bonchev–Trinajstić information content (AvgIpc) is 1.28. The van der Waals surface area contributed by atoms with Crippen LogP contribution in [0.3, 0.4) is 0 Å². The van der Waals surface area contributed by atoms with E-state index in [1.807, 2.05) is 20.8 Å². The first kappa shape index (κ1) is 61.2. The van der Waals surface area contributed by atoms with Gasteiger partial charge in [0.1, 0.15) is 60.7 Å². The number of ether oxygens (including phenoxy) is 8. The highest BCUT2D eigenvalue weighted by molar-refractivity contribution is 6.05. The number of pyridine rings is 2. The van der Waals surface area contributed by atoms with Gasteiger partial charge in [-0.1, -0.05) is 0 Å². The fraction of sp³-hybridized carbons (Fsp3) is 0.200. The zero-order valence-corrected chi connectivity index (χ0v) is 49.3. The van der Waals surface area contributed by atoms with Gasteiger partial charge in [0, 0.05) is 73.5 Å². The summed E-state index contributed by atoms with van der Waals surface area (Å²) in [4.78, 5) is 87.5. The lowest BCUT2D eigenvalue weighted by Crippen LogP contribution is -2.42. The molecule has 0 saturated carbocycles. The molecule has 0 fully saturated rings. The maximum Gasteiger partial charge on any atom is 0.335 e. The van der Waals surface area contributed by atoms with E-state index in [0.717, 1.165) is 62.5 Å². The molecular formula is C65H54F4N8O14. The summed E-state index contributed by atoms with van der Waals surface area (Å²) < 4.78 is 108. The number of nitrogens with one attached hydrogen (secondary N) is 2. The first-order valence-corrected chi connectivity index (χ1v) is 28.3. The molecule has 2 aliphatic rings. The van der Waals surface area contributed by atoms with Crippen molar-refractivity contribution in [3.8, 4) is 68.9 Å². The number of amides is 2. The van der Waals surface area contributed by atoms with E-state index >= 15 is 8.78 Å². The molecule has 0 bridgehead atoms. The van der Waals surface area contributed by atoms with Gasteiger partial charge in [0.2, 0.25) is 11.5 Å². The Morgan fingerprint density at radius 2 is 0.978 bits per heavy atom. The van der Waals surface area contributed by atoms with Crippen molar-refractivity contribution in [2.45, 2.75) is 46.8 Å². The zero-order chi connectivity index (χ0) is 64.4. The molecule has 26 heteroatoms. The summed E-state index contributed by atoms with van der Waals surface area (Å²) in [6.45, 7) is 10.6. The summed E-state index contributed by atoms with van der Waals surface area (Å²) in [5.74, 6) is -1.85. The van der Waals surface area contributed by atoms with Gasteiger partial charge in [-0.15, -0.1) is 0 Å². The number of hydrogen-bond donors (Lipinski definition) is 2. The minimum atomic E-state index is -0.927. The number of aryl methyl sites for hydroxylation is 1. The van der Waals surface area contributed by atoms with Crippen LogP contribution in [-0.2, 0) is 7.05 Å². The van der Waals surface area contributed by atoms with Crippen molar-refractivity contribution in [1.82, 2.24) is 28.2 Å². The van der Waals surface area contributed by atoms with Gasteiger partial charge in [-0.25, -0.2) is 36.3 Å². The Morgan fingerprint density at radius 3 is 1.43 bits per heavy atom.